The number of H-pyrrole nitrogens is 1. The fraction of sp³-hybridized carbons (Fsp3) is 0.667. The summed E-state index contributed by atoms with van der Waals surface area (Å²) in [6.07, 6.45) is 5.39. The molecule has 2 aromatic heterocycles. The number of rotatable bonds is 4. The third-order valence-electron chi connectivity index (χ3n) is 4.47. The number of piperidine rings is 1. The standard InChI is InChI=1S/C15H24N6/c1-4-7-16-15-18-13-12(9-17-20-13)14(19-15)21-8-5-6-10(2)11(21)3/h9-11H,4-8H2,1-3H3,(H2,16,17,18,19,20). The summed E-state index contributed by atoms with van der Waals surface area (Å²) in [7, 11) is 0. The minimum absolute atomic E-state index is 0.491. The van der Waals surface area contributed by atoms with Crippen molar-refractivity contribution in [1.82, 2.24) is 20.2 Å². The van der Waals surface area contributed by atoms with Crippen LogP contribution < -0.4 is 10.2 Å². The zero-order chi connectivity index (χ0) is 14.8. The fourth-order valence-corrected chi connectivity index (χ4v) is 2.99. The van der Waals surface area contributed by atoms with E-state index in [0.717, 1.165) is 36.4 Å². The topological polar surface area (TPSA) is 69.7 Å². The molecular weight excluding hydrogens is 264 g/mol. The van der Waals surface area contributed by atoms with E-state index in [1.807, 2.05) is 6.20 Å². The molecular formula is C15H24N6. The maximum atomic E-state index is 4.76. The first-order chi connectivity index (χ1) is 10.2. The molecule has 1 aliphatic heterocycles. The molecule has 2 N–H and O–H groups in total. The number of aromatic amines is 1. The first kappa shape index (κ1) is 14.1. The summed E-state index contributed by atoms with van der Waals surface area (Å²) >= 11 is 0. The van der Waals surface area contributed by atoms with Crippen molar-refractivity contribution in [2.24, 2.45) is 5.92 Å². The van der Waals surface area contributed by atoms with Crippen molar-refractivity contribution in [3.05, 3.63) is 6.20 Å². The average molecular weight is 288 g/mol. The Kier molecular flexibility index (Phi) is 3.94. The highest BCUT2D eigenvalue weighted by Gasteiger charge is 2.27. The molecule has 0 spiro atoms. The van der Waals surface area contributed by atoms with Gasteiger partial charge in [0.1, 0.15) is 5.82 Å². The number of hydrogen-bond donors (Lipinski definition) is 2. The predicted molar refractivity (Wildman–Crippen MR) is 85.7 cm³/mol. The highest BCUT2D eigenvalue weighted by molar-refractivity contribution is 5.87. The number of anilines is 2. The highest BCUT2D eigenvalue weighted by Crippen LogP contribution is 2.31. The van der Waals surface area contributed by atoms with E-state index in [1.54, 1.807) is 0 Å². The van der Waals surface area contributed by atoms with Crippen LogP contribution in [0.1, 0.15) is 40.0 Å². The molecule has 2 unspecified atom stereocenters. The van der Waals surface area contributed by atoms with Crippen LogP contribution in [0, 0.1) is 5.92 Å². The van der Waals surface area contributed by atoms with Crippen LogP contribution in [0.15, 0.2) is 6.20 Å². The fourth-order valence-electron chi connectivity index (χ4n) is 2.99. The Morgan fingerprint density at radius 3 is 3.05 bits per heavy atom. The smallest absolute Gasteiger partial charge is 0.226 e. The normalized spacial score (nSPS) is 22.7. The van der Waals surface area contributed by atoms with Crippen LogP contribution >= 0.6 is 0 Å². The van der Waals surface area contributed by atoms with Gasteiger partial charge in [-0.2, -0.15) is 15.1 Å². The van der Waals surface area contributed by atoms with Crippen LogP contribution in [-0.4, -0.2) is 39.3 Å². The van der Waals surface area contributed by atoms with Crippen LogP contribution in [0.3, 0.4) is 0 Å². The Hall–Kier alpha value is -1.85. The maximum Gasteiger partial charge on any atom is 0.226 e. The molecule has 1 aliphatic rings. The second kappa shape index (κ2) is 5.87. The molecule has 114 valence electrons. The van der Waals surface area contributed by atoms with Crippen molar-refractivity contribution in [3.63, 3.8) is 0 Å². The number of fused-ring (bicyclic) bond motifs is 1. The monoisotopic (exact) mass is 288 g/mol. The molecule has 0 aliphatic carbocycles. The van der Waals surface area contributed by atoms with Gasteiger partial charge in [0.25, 0.3) is 0 Å². The molecule has 0 saturated carbocycles. The van der Waals surface area contributed by atoms with Gasteiger partial charge >= 0.3 is 0 Å². The lowest BCUT2D eigenvalue weighted by atomic mass is 9.92. The van der Waals surface area contributed by atoms with Crippen LogP contribution in [0.2, 0.25) is 0 Å². The van der Waals surface area contributed by atoms with E-state index in [0.29, 0.717) is 17.9 Å². The van der Waals surface area contributed by atoms with Crippen LogP contribution in [0.4, 0.5) is 11.8 Å². The first-order valence-corrected chi connectivity index (χ1v) is 7.92. The van der Waals surface area contributed by atoms with Gasteiger partial charge in [0.05, 0.1) is 11.6 Å². The lowest BCUT2D eigenvalue weighted by molar-refractivity contribution is 0.362. The summed E-state index contributed by atoms with van der Waals surface area (Å²) in [5.74, 6) is 2.38. The van der Waals surface area contributed by atoms with Gasteiger partial charge in [-0.1, -0.05) is 13.8 Å². The minimum Gasteiger partial charge on any atom is -0.354 e. The summed E-state index contributed by atoms with van der Waals surface area (Å²) < 4.78 is 0. The van der Waals surface area contributed by atoms with Crippen molar-refractivity contribution in [2.45, 2.75) is 46.1 Å². The van der Waals surface area contributed by atoms with E-state index < -0.39 is 0 Å². The van der Waals surface area contributed by atoms with Gasteiger partial charge in [-0.15, -0.1) is 0 Å². The Labute approximate surface area is 125 Å². The largest absolute Gasteiger partial charge is 0.354 e. The van der Waals surface area contributed by atoms with Crippen LogP contribution in [-0.2, 0) is 0 Å². The van der Waals surface area contributed by atoms with Gasteiger partial charge in [0, 0.05) is 19.1 Å². The van der Waals surface area contributed by atoms with Gasteiger partial charge in [-0.05, 0) is 32.1 Å². The summed E-state index contributed by atoms with van der Waals surface area (Å²) in [6.45, 7) is 8.68. The molecule has 6 heteroatoms. The summed E-state index contributed by atoms with van der Waals surface area (Å²) in [5.41, 5.74) is 0.809. The van der Waals surface area contributed by atoms with E-state index in [9.17, 15) is 0 Å². The Morgan fingerprint density at radius 1 is 1.38 bits per heavy atom. The second-order valence-corrected chi connectivity index (χ2v) is 5.98. The molecule has 21 heavy (non-hydrogen) atoms. The molecule has 0 radical (unpaired) electrons. The molecule has 0 amide bonds. The Balaban J connectivity index is 2.00. The van der Waals surface area contributed by atoms with E-state index in [1.165, 1.54) is 12.8 Å². The quantitative estimate of drug-likeness (QED) is 0.905. The lowest BCUT2D eigenvalue weighted by Gasteiger charge is -2.39. The van der Waals surface area contributed by atoms with Gasteiger partial charge in [-0.3, -0.25) is 5.10 Å². The van der Waals surface area contributed by atoms with Gasteiger partial charge < -0.3 is 10.2 Å². The van der Waals surface area contributed by atoms with E-state index in [2.05, 4.69) is 46.2 Å². The van der Waals surface area contributed by atoms with Crippen molar-refractivity contribution in [1.29, 1.82) is 0 Å². The maximum absolute atomic E-state index is 4.76. The van der Waals surface area contributed by atoms with Gasteiger partial charge in [0.15, 0.2) is 5.65 Å². The number of hydrogen-bond acceptors (Lipinski definition) is 5. The van der Waals surface area contributed by atoms with Crippen molar-refractivity contribution in [3.8, 4) is 0 Å². The van der Waals surface area contributed by atoms with Crippen LogP contribution in [0.25, 0.3) is 11.0 Å². The highest BCUT2D eigenvalue weighted by atomic mass is 15.3. The molecule has 3 rings (SSSR count). The Morgan fingerprint density at radius 2 is 2.24 bits per heavy atom. The minimum atomic E-state index is 0.491. The summed E-state index contributed by atoms with van der Waals surface area (Å²) in [6, 6.07) is 0.491. The third kappa shape index (κ3) is 2.66. The average Bonchev–Trinajstić information content (AvgIpc) is 2.95. The Bertz CT molecular complexity index is 607. The number of aromatic nitrogens is 4. The van der Waals surface area contributed by atoms with E-state index in [4.69, 9.17) is 4.98 Å². The third-order valence-corrected chi connectivity index (χ3v) is 4.47. The molecule has 3 heterocycles. The molecule has 6 nitrogen and oxygen atoms in total. The summed E-state index contributed by atoms with van der Waals surface area (Å²) in [4.78, 5) is 11.7. The molecule has 0 bridgehead atoms. The molecule has 1 saturated heterocycles. The number of nitrogens with one attached hydrogen (secondary N) is 2. The van der Waals surface area contributed by atoms with Crippen molar-refractivity contribution >= 4 is 22.8 Å². The van der Waals surface area contributed by atoms with E-state index >= 15 is 0 Å². The zero-order valence-electron chi connectivity index (χ0n) is 13.1. The second-order valence-electron chi connectivity index (χ2n) is 5.98. The number of nitrogens with zero attached hydrogens (tertiary/aromatic N) is 4. The zero-order valence-corrected chi connectivity index (χ0v) is 13.1. The van der Waals surface area contributed by atoms with Crippen LogP contribution in [0.5, 0.6) is 0 Å². The van der Waals surface area contributed by atoms with E-state index in [-0.39, 0.29) is 0 Å². The SMILES string of the molecule is CCCNc1nc(N2CCCC(C)C2C)c2cn[nH]c2n1. The van der Waals surface area contributed by atoms with Gasteiger partial charge in [-0.25, -0.2) is 0 Å². The molecule has 0 aromatic carbocycles. The van der Waals surface area contributed by atoms with Crippen molar-refractivity contribution < 1.29 is 0 Å². The summed E-state index contributed by atoms with van der Waals surface area (Å²) in [5, 5.41) is 11.4. The van der Waals surface area contributed by atoms with Crippen molar-refractivity contribution in [2.75, 3.05) is 23.3 Å². The molecule has 2 atom stereocenters. The molecule has 2 aromatic rings. The predicted octanol–water partition coefficient (Wildman–Crippen LogP) is 2.80. The van der Waals surface area contributed by atoms with Gasteiger partial charge in [0.2, 0.25) is 5.95 Å². The lowest BCUT2D eigenvalue weighted by Crippen LogP contribution is -2.43. The molecule has 1 fully saturated rings. The first-order valence-electron chi connectivity index (χ1n) is 7.92.